The Morgan fingerprint density at radius 3 is 2.44 bits per heavy atom. The van der Waals surface area contributed by atoms with Crippen LogP contribution in [-0.4, -0.2) is 9.55 Å². The van der Waals surface area contributed by atoms with Gasteiger partial charge >= 0.3 is 0 Å². The van der Waals surface area contributed by atoms with Crippen molar-refractivity contribution in [1.82, 2.24) is 9.55 Å². The largest absolute Gasteiger partial charge is 0.384 e. The van der Waals surface area contributed by atoms with Crippen molar-refractivity contribution in [3.63, 3.8) is 0 Å². The molecule has 1 aromatic heterocycles. The first-order valence-corrected chi connectivity index (χ1v) is 5.56. The molecular formula is C12H14ClN3. The number of nitrogens with two attached hydrogens (primary N) is 1. The molecule has 0 aliphatic carbocycles. The number of rotatable bonds is 2. The SMILES string of the molecule is CC(C)n1c(N)cnc1-c1ccc(Cl)cc1. The molecule has 1 heterocycles. The summed E-state index contributed by atoms with van der Waals surface area (Å²) >= 11 is 5.85. The summed E-state index contributed by atoms with van der Waals surface area (Å²) < 4.78 is 2.00. The molecule has 0 aliphatic heterocycles. The lowest BCUT2D eigenvalue weighted by Gasteiger charge is -2.13. The van der Waals surface area contributed by atoms with Crippen molar-refractivity contribution >= 4 is 17.4 Å². The smallest absolute Gasteiger partial charge is 0.141 e. The van der Waals surface area contributed by atoms with Gasteiger partial charge in [0.05, 0.1) is 6.20 Å². The fourth-order valence-electron chi connectivity index (χ4n) is 1.73. The number of aromatic nitrogens is 2. The molecule has 4 heteroatoms. The molecule has 0 saturated carbocycles. The van der Waals surface area contributed by atoms with Gasteiger partial charge in [-0.25, -0.2) is 4.98 Å². The Bertz CT molecular complexity index is 485. The fraction of sp³-hybridized carbons (Fsp3) is 0.250. The summed E-state index contributed by atoms with van der Waals surface area (Å²) in [5.74, 6) is 1.56. The standard InChI is InChI=1S/C12H14ClN3/c1-8(2)16-11(14)7-15-12(16)9-3-5-10(13)6-4-9/h3-8H,14H2,1-2H3. The van der Waals surface area contributed by atoms with E-state index in [1.165, 1.54) is 0 Å². The molecule has 0 unspecified atom stereocenters. The number of imidazole rings is 1. The van der Waals surface area contributed by atoms with Gasteiger partial charge in [-0.1, -0.05) is 11.6 Å². The molecule has 16 heavy (non-hydrogen) atoms. The van der Waals surface area contributed by atoms with Crippen molar-refractivity contribution in [3.05, 3.63) is 35.5 Å². The fourth-order valence-corrected chi connectivity index (χ4v) is 1.86. The van der Waals surface area contributed by atoms with Gasteiger partial charge in [0.15, 0.2) is 0 Å². The molecule has 2 rings (SSSR count). The molecule has 0 atom stereocenters. The number of anilines is 1. The number of nitrogen functional groups attached to an aromatic ring is 1. The summed E-state index contributed by atoms with van der Waals surface area (Å²) in [4.78, 5) is 4.33. The highest BCUT2D eigenvalue weighted by Gasteiger charge is 2.11. The van der Waals surface area contributed by atoms with E-state index in [-0.39, 0.29) is 6.04 Å². The lowest BCUT2D eigenvalue weighted by Crippen LogP contribution is -2.06. The zero-order valence-corrected chi connectivity index (χ0v) is 10.1. The zero-order valence-electron chi connectivity index (χ0n) is 9.31. The predicted molar refractivity (Wildman–Crippen MR) is 67.5 cm³/mol. The number of hydrogen-bond acceptors (Lipinski definition) is 2. The van der Waals surface area contributed by atoms with Crippen molar-refractivity contribution in [1.29, 1.82) is 0 Å². The third-order valence-corrected chi connectivity index (χ3v) is 2.70. The van der Waals surface area contributed by atoms with E-state index < -0.39 is 0 Å². The highest BCUT2D eigenvalue weighted by Crippen LogP contribution is 2.25. The molecule has 0 saturated heterocycles. The lowest BCUT2D eigenvalue weighted by molar-refractivity contribution is 0.614. The van der Waals surface area contributed by atoms with Crippen LogP contribution in [0.1, 0.15) is 19.9 Å². The Labute approximate surface area is 99.9 Å². The molecule has 3 nitrogen and oxygen atoms in total. The first kappa shape index (κ1) is 11.0. The van der Waals surface area contributed by atoms with Crippen molar-refractivity contribution in [3.8, 4) is 11.4 Å². The van der Waals surface area contributed by atoms with Gasteiger partial charge in [-0.15, -0.1) is 0 Å². The van der Waals surface area contributed by atoms with Gasteiger partial charge in [0.25, 0.3) is 0 Å². The molecule has 0 radical (unpaired) electrons. The Kier molecular flexibility index (Phi) is 2.88. The van der Waals surface area contributed by atoms with Crippen LogP contribution in [0.15, 0.2) is 30.5 Å². The molecule has 84 valence electrons. The van der Waals surface area contributed by atoms with E-state index in [1.54, 1.807) is 6.20 Å². The average Bonchev–Trinajstić information content (AvgIpc) is 2.61. The molecule has 0 amide bonds. The van der Waals surface area contributed by atoms with E-state index in [9.17, 15) is 0 Å². The van der Waals surface area contributed by atoms with Crippen LogP contribution in [0.2, 0.25) is 5.02 Å². The van der Waals surface area contributed by atoms with Crippen LogP contribution in [0.4, 0.5) is 5.82 Å². The van der Waals surface area contributed by atoms with Crippen LogP contribution in [0.3, 0.4) is 0 Å². The topological polar surface area (TPSA) is 43.8 Å². The minimum atomic E-state index is 0.285. The minimum absolute atomic E-state index is 0.285. The summed E-state index contributed by atoms with van der Waals surface area (Å²) in [6, 6.07) is 7.89. The Morgan fingerprint density at radius 2 is 1.88 bits per heavy atom. The Morgan fingerprint density at radius 1 is 1.25 bits per heavy atom. The lowest BCUT2D eigenvalue weighted by atomic mass is 10.2. The summed E-state index contributed by atoms with van der Waals surface area (Å²) in [6.07, 6.45) is 1.68. The molecule has 0 bridgehead atoms. The summed E-state index contributed by atoms with van der Waals surface area (Å²) in [5, 5.41) is 0.722. The first-order valence-electron chi connectivity index (χ1n) is 5.18. The van der Waals surface area contributed by atoms with Gasteiger partial charge in [0, 0.05) is 16.6 Å². The highest BCUT2D eigenvalue weighted by molar-refractivity contribution is 6.30. The second kappa shape index (κ2) is 4.18. The third-order valence-electron chi connectivity index (χ3n) is 2.44. The molecule has 2 N–H and O–H groups in total. The molecular weight excluding hydrogens is 222 g/mol. The molecule has 0 aliphatic rings. The zero-order chi connectivity index (χ0) is 11.7. The van der Waals surface area contributed by atoms with Gasteiger partial charge < -0.3 is 10.3 Å². The Balaban J connectivity index is 2.52. The summed E-state index contributed by atoms with van der Waals surface area (Å²) in [7, 11) is 0. The van der Waals surface area contributed by atoms with Crippen LogP contribution in [0.25, 0.3) is 11.4 Å². The molecule has 0 fully saturated rings. The maximum atomic E-state index is 5.88. The second-order valence-electron chi connectivity index (χ2n) is 3.98. The van der Waals surface area contributed by atoms with Gasteiger partial charge in [-0.2, -0.15) is 0 Å². The van der Waals surface area contributed by atoms with Crippen molar-refractivity contribution < 1.29 is 0 Å². The van der Waals surface area contributed by atoms with Gasteiger partial charge in [-0.3, -0.25) is 0 Å². The molecule has 2 aromatic rings. The third kappa shape index (κ3) is 1.91. The number of halogens is 1. The van der Waals surface area contributed by atoms with E-state index in [0.29, 0.717) is 5.82 Å². The quantitative estimate of drug-likeness (QED) is 0.868. The number of benzene rings is 1. The predicted octanol–water partition coefficient (Wildman–Crippen LogP) is 3.37. The minimum Gasteiger partial charge on any atom is -0.384 e. The van der Waals surface area contributed by atoms with E-state index in [1.807, 2.05) is 28.8 Å². The van der Waals surface area contributed by atoms with Crippen LogP contribution in [-0.2, 0) is 0 Å². The first-order chi connectivity index (χ1) is 7.59. The Hall–Kier alpha value is -1.48. The van der Waals surface area contributed by atoms with Crippen molar-refractivity contribution in [2.24, 2.45) is 0 Å². The van der Waals surface area contributed by atoms with E-state index >= 15 is 0 Å². The summed E-state index contributed by atoms with van der Waals surface area (Å²) in [5.41, 5.74) is 6.91. The van der Waals surface area contributed by atoms with Crippen LogP contribution < -0.4 is 5.73 Å². The molecule has 0 spiro atoms. The van der Waals surface area contributed by atoms with E-state index in [2.05, 4.69) is 18.8 Å². The normalized spacial score (nSPS) is 11.0. The van der Waals surface area contributed by atoms with Crippen LogP contribution in [0, 0.1) is 0 Å². The van der Waals surface area contributed by atoms with Crippen LogP contribution in [0.5, 0.6) is 0 Å². The van der Waals surface area contributed by atoms with Gasteiger partial charge in [0.2, 0.25) is 0 Å². The van der Waals surface area contributed by atoms with Crippen molar-refractivity contribution in [2.75, 3.05) is 5.73 Å². The maximum Gasteiger partial charge on any atom is 0.141 e. The van der Waals surface area contributed by atoms with Crippen molar-refractivity contribution in [2.45, 2.75) is 19.9 Å². The molecule has 1 aromatic carbocycles. The number of hydrogen-bond donors (Lipinski definition) is 1. The summed E-state index contributed by atoms with van der Waals surface area (Å²) in [6.45, 7) is 4.16. The number of nitrogens with zero attached hydrogens (tertiary/aromatic N) is 2. The highest BCUT2D eigenvalue weighted by atomic mass is 35.5. The van der Waals surface area contributed by atoms with Gasteiger partial charge in [0.1, 0.15) is 11.6 Å². The van der Waals surface area contributed by atoms with E-state index in [4.69, 9.17) is 17.3 Å². The second-order valence-corrected chi connectivity index (χ2v) is 4.41. The van der Waals surface area contributed by atoms with Gasteiger partial charge in [-0.05, 0) is 38.1 Å². The van der Waals surface area contributed by atoms with Crippen LogP contribution >= 0.6 is 11.6 Å². The van der Waals surface area contributed by atoms with E-state index in [0.717, 1.165) is 16.4 Å². The average molecular weight is 236 g/mol. The maximum absolute atomic E-state index is 5.88. The monoisotopic (exact) mass is 235 g/mol.